The van der Waals surface area contributed by atoms with Crippen LogP contribution in [-0.4, -0.2) is 10.2 Å². The molecule has 4 heteroatoms. The summed E-state index contributed by atoms with van der Waals surface area (Å²) >= 11 is 3.54. The molecule has 0 saturated heterocycles. The van der Waals surface area contributed by atoms with Gasteiger partial charge in [-0.1, -0.05) is 28.1 Å². The third kappa shape index (κ3) is 1.77. The molecule has 15 heavy (non-hydrogen) atoms. The number of hydrogen-bond acceptors (Lipinski definition) is 2. The minimum absolute atomic E-state index is 0.553. The summed E-state index contributed by atoms with van der Waals surface area (Å²) < 4.78 is 1.05. The third-order valence-corrected chi connectivity index (χ3v) is 3.10. The minimum atomic E-state index is 0.553. The number of nitrogens with zero attached hydrogens (tertiary/aromatic N) is 1. The molecule has 0 bridgehead atoms. The molecule has 0 fully saturated rings. The lowest BCUT2D eigenvalue weighted by Gasteiger charge is -2.04. The zero-order valence-corrected chi connectivity index (χ0v) is 10.2. The van der Waals surface area contributed by atoms with Crippen LogP contribution in [0.4, 0.5) is 5.82 Å². The van der Waals surface area contributed by atoms with Gasteiger partial charge in [-0.05, 0) is 25.5 Å². The number of benzene rings is 1. The summed E-state index contributed by atoms with van der Waals surface area (Å²) in [5, 5.41) is 6.93. The van der Waals surface area contributed by atoms with Gasteiger partial charge in [-0.2, -0.15) is 5.10 Å². The molecule has 1 aromatic carbocycles. The number of aryl methyl sites for hydroxylation is 1. The first-order chi connectivity index (χ1) is 7.09. The van der Waals surface area contributed by atoms with Crippen molar-refractivity contribution in [3.8, 4) is 11.3 Å². The standard InChI is InChI=1S/C11H12BrN3/c1-6-3-4-8(9(12)5-6)10-7(2)11(13)15-14-10/h3-5H,1-2H3,(H3,13,14,15). The second kappa shape index (κ2) is 3.70. The van der Waals surface area contributed by atoms with Gasteiger partial charge in [-0.3, -0.25) is 5.10 Å². The summed E-state index contributed by atoms with van der Waals surface area (Å²) in [6.07, 6.45) is 0. The van der Waals surface area contributed by atoms with Gasteiger partial charge in [0.05, 0.1) is 5.69 Å². The number of nitrogen functional groups attached to an aromatic ring is 1. The normalized spacial score (nSPS) is 10.6. The predicted octanol–water partition coefficient (Wildman–Crippen LogP) is 3.04. The third-order valence-electron chi connectivity index (χ3n) is 2.44. The van der Waals surface area contributed by atoms with Gasteiger partial charge in [0, 0.05) is 15.6 Å². The van der Waals surface area contributed by atoms with E-state index in [1.54, 1.807) is 0 Å². The highest BCUT2D eigenvalue weighted by atomic mass is 79.9. The molecule has 0 spiro atoms. The maximum atomic E-state index is 5.70. The number of hydrogen-bond donors (Lipinski definition) is 2. The topological polar surface area (TPSA) is 54.7 Å². The number of aromatic amines is 1. The van der Waals surface area contributed by atoms with Crippen molar-refractivity contribution in [3.63, 3.8) is 0 Å². The van der Waals surface area contributed by atoms with Crippen LogP contribution in [0.3, 0.4) is 0 Å². The van der Waals surface area contributed by atoms with E-state index in [4.69, 9.17) is 5.73 Å². The Morgan fingerprint density at radius 3 is 2.60 bits per heavy atom. The van der Waals surface area contributed by atoms with E-state index < -0.39 is 0 Å². The number of aromatic nitrogens is 2. The average molecular weight is 266 g/mol. The number of H-pyrrole nitrogens is 1. The van der Waals surface area contributed by atoms with E-state index >= 15 is 0 Å². The Morgan fingerprint density at radius 1 is 1.33 bits per heavy atom. The highest BCUT2D eigenvalue weighted by Crippen LogP contribution is 2.31. The van der Waals surface area contributed by atoms with Crippen molar-refractivity contribution < 1.29 is 0 Å². The lowest BCUT2D eigenvalue weighted by molar-refractivity contribution is 1.10. The number of nitrogens with one attached hydrogen (secondary N) is 1. The summed E-state index contributed by atoms with van der Waals surface area (Å²) in [5.41, 5.74) is 9.96. The zero-order valence-electron chi connectivity index (χ0n) is 8.63. The smallest absolute Gasteiger partial charge is 0.148 e. The summed E-state index contributed by atoms with van der Waals surface area (Å²) in [7, 11) is 0. The molecule has 78 valence electrons. The summed E-state index contributed by atoms with van der Waals surface area (Å²) in [4.78, 5) is 0. The van der Waals surface area contributed by atoms with Crippen LogP contribution in [0.5, 0.6) is 0 Å². The Labute approximate surface area is 96.8 Å². The number of anilines is 1. The monoisotopic (exact) mass is 265 g/mol. The second-order valence-corrected chi connectivity index (χ2v) is 4.45. The van der Waals surface area contributed by atoms with E-state index in [-0.39, 0.29) is 0 Å². The van der Waals surface area contributed by atoms with Gasteiger partial charge in [-0.15, -0.1) is 0 Å². The largest absolute Gasteiger partial charge is 0.382 e. The lowest BCUT2D eigenvalue weighted by Crippen LogP contribution is -1.87. The van der Waals surface area contributed by atoms with Crippen molar-refractivity contribution in [1.29, 1.82) is 0 Å². The fraction of sp³-hybridized carbons (Fsp3) is 0.182. The van der Waals surface area contributed by atoms with Gasteiger partial charge in [0.25, 0.3) is 0 Å². The van der Waals surface area contributed by atoms with Crippen LogP contribution in [0.15, 0.2) is 22.7 Å². The molecule has 1 heterocycles. The Morgan fingerprint density at radius 2 is 2.07 bits per heavy atom. The highest BCUT2D eigenvalue weighted by molar-refractivity contribution is 9.10. The summed E-state index contributed by atoms with van der Waals surface area (Å²) in [5.74, 6) is 0.553. The SMILES string of the molecule is Cc1ccc(-c2[nH]nc(N)c2C)c(Br)c1. The van der Waals surface area contributed by atoms with E-state index in [1.807, 2.05) is 6.92 Å². The molecule has 0 aliphatic rings. The van der Waals surface area contributed by atoms with E-state index in [9.17, 15) is 0 Å². The van der Waals surface area contributed by atoms with E-state index in [1.165, 1.54) is 5.56 Å². The van der Waals surface area contributed by atoms with Crippen LogP contribution in [0, 0.1) is 13.8 Å². The molecule has 0 aliphatic carbocycles. The molecular formula is C11H12BrN3. The van der Waals surface area contributed by atoms with Crippen LogP contribution < -0.4 is 5.73 Å². The molecule has 3 N–H and O–H groups in total. The van der Waals surface area contributed by atoms with E-state index in [2.05, 4.69) is 51.3 Å². The molecule has 2 aromatic rings. The van der Waals surface area contributed by atoms with Gasteiger partial charge in [-0.25, -0.2) is 0 Å². The average Bonchev–Trinajstić information content (AvgIpc) is 2.49. The van der Waals surface area contributed by atoms with Crippen molar-refractivity contribution in [2.45, 2.75) is 13.8 Å². The van der Waals surface area contributed by atoms with Crippen LogP contribution in [0.2, 0.25) is 0 Å². The van der Waals surface area contributed by atoms with Crippen LogP contribution >= 0.6 is 15.9 Å². The maximum Gasteiger partial charge on any atom is 0.148 e. The molecule has 3 nitrogen and oxygen atoms in total. The summed E-state index contributed by atoms with van der Waals surface area (Å²) in [6, 6.07) is 6.20. The van der Waals surface area contributed by atoms with Crippen LogP contribution in [0.25, 0.3) is 11.3 Å². The molecule has 0 atom stereocenters. The Kier molecular flexibility index (Phi) is 2.52. The van der Waals surface area contributed by atoms with Gasteiger partial charge in [0.1, 0.15) is 5.82 Å². The van der Waals surface area contributed by atoms with Gasteiger partial charge in [0.15, 0.2) is 0 Å². The van der Waals surface area contributed by atoms with Crippen molar-refractivity contribution in [1.82, 2.24) is 10.2 Å². The molecule has 0 aliphatic heterocycles. The number of nitrogens with two attached hydrogens (primary N) is 1. The molecule has 0 unspecified atom stereocenters. The fourth-order valence-electron chi connectivity index (χ4n) is 1.50. The number of rotatable bonds is 1. The minimum Gasteiger partial charge on any atom is -0.382 e. The quantitative estimate of drug-likeness (QED) is 0.833. The van der Waals surface area contributed by atoms with Crippen molar-refractivity contribution in [3.05, 3.63) is 33.8 Å². The molecule has 1 aromatic heterocycles. The van der Waals surface area contributed by atoms with Crippen LogP contribution in [0.1, 0.15) is 11.1 Å². The first-order valence-corrected chi connectivity index (χ1v) is 5.46. The molecule has 2 rings (SSSR count). The molecule has 0 amide bonds. The van der Waals surface area contributed by atoms with Crippen molar-refractivity contribution >= 4 is 21.7 Å². The maximum absolute atomic E-state index is 5.70. The zero-order chi connectivity index (χ0) is 11.0. The fourth-order valence-corrected chi connectivity index (χ4v) is 2.19. The molecule has 0 radical (unpaired) electrons. The predicted molar refractivity (Wildman–Crippen MR) is 65.6 cm³/mol. The van der Waals surface area contributed by atoms with Crippen molar-refractivity contribution in [2.24, 2.45) is 0 Å². The molecular weight excluding hydrogens is 254 g/mol. The summed E-state index contributed by atoms with van der Waals surface area (Å²) in [6.45, 7) is 4.02. The van der Waals surface area contributed by atoms with E-state index in [0.29, 0.717) is 5.82 Å². The Hall–Kier alpha value is -1.29. The molecule has 0 saturated carbocycles. The first kappa shape index (κ1) is 10.2. The lowest BCUT2D eigenvalue weighted by atomic mass is 10.1. The van der Waals surface area contributed by atoms with Gasteiger partial charge >= 0.3 is 0 Å². The van der Waals surface area contributed by atoms with Gasteiger partial charge in [0.2, 0.25) is 0 Å². The second-order valence-electron chi connectivity index (χ2n) is 3.59. The Balaban J connectivity index is 2.59. The van der Waals surface area contributed by atoms with E-state index in [0.717, 1.165) is 21.3 Å². The van der Waals surface area contributed by atoms with Crippen LogP contribution in [-0.2, 0) is 0 Å². The Bertz CT molecular complexity index is 503. The van der Waals surface area contributed by atoms with Gasteiger partial charge < -0.3 is 5.73 Å². The number of halogens is 1. The highest BCUT2D eigenvalue weighted by Gasteiger charge is 2.10. The van der Waals surface area contributed by atoms with Crippen molar-refractivity contribution in [2.75, 3.05) is 5.73 Å². The first-order valence-electron chi connectivity index (χ1n) is 4.66.